The highest BCUT2D eigenvalue weighted by Gasteiger charge is 2.22. The van der Waals surface area contributed by atoms with E-state index < -0.39 is 0 Å². The van der Waals surface area contributed by atoms with Crippen LogP contribution < -0.4 is 15.2 Å². The first kappa shape index (κ1) is 13.7. The van der Waals surface area contributed by atoms with Crippen molar-refractivity contribution in [3.8, 4) is 11.8 Å². The van der Waals surface area contributed by atoms with Gasteiger partial charge in [0.05, 0.1) is 18.9 Å². The summed E-state index contributed by atoms with van der Waals surface area (Å²) in [7, 11) is 0. The number of rotatable bonds is 7. The molecule has 3 rings (SSSR count). The van der Waals surface area contributed by atoms with Gasteiger partial charge in [-0.2, -0.15) is 4.98 Å². The monoisotopic (exact) mass is 285 g/mol. The molecule has 2 heterocycles. The largest absolute Gasteiger partial charge is 0.477 e. The molecule has 0 unspecified atom stereocenters. The van der Waals surface area contributed by atoms with Gasteiger partial charge in [-0.25, -0.2) is 0 Å². The number of nitrogens with two attached hydrogens (primary N) is 1. The SMILES string of the molecule is Nc1ccc(OCCc2ccccn2)nc1OCC1CC1. The van der Waals surface area contributed by atoms with Crippen molar-refractivity contribution in [1.29, 1.82) is 0 Å². The number of aromatic nitrogens is 2. The lowest BCUT2D eigenvalue weighted by Crippen LogP contribution is -2.07. The minimum atomic E-state index is 0.470. The van der Waals surface area contributed by atoms with Crippen LogP contribution in [0.1, 0.15) is 18.5 Å². The van der Waals surface area contributed by atoms with Gasteiger partial charge in [0.1, 0.15) is 0 Å². The van der Waals surface area contributed by atoms with E-state index in [1.165, 1.54) is 12.8 Å². The van der Waals surface area contributed by atoms with Crippen molar-refractivity contribution in [2.75, 3.05) is 18.9 Å². The summed E-state index contributed by atoms with van der Waals surface area (Å²) in [6, 6.07) is 9.37. The predicted molar refractivity (Wildman–Crippen MR) is 80.3 cm³/mol. The lowest BCUT2D eigenvalue weighted by molar-refractivity contribution is 0.273. The molecule has 0 spiro atoms. The van der Waals surface area contributed by atoms with Gasteiger partial charge in [-0.3, -0.25) is 4.98 Å². The standard InChI is InChI=1S/C16H19N3O2/c17-14-6-7-15(19-16(14)21-11-12-4-5-12)20-10-8-13-3-1-2-9-18-13/h1-3,6-7,9,12H,4-5,8,10-11,17H2. The Morgan fingerprint density at radius 3 is 2.81 bits per heavy atom. The normalized spacial score (nSPS) is 13.9. The van der Waals surface area contributed by atoms with Crippen LogP contribution in [0.15, 0.2) is 36.5 Å². The molecule has 1 saturated carbocycles. The van der Waals surface area contributed by atoms with Crippen LogP contribution in [0.3, 0.4) is 0 Å². The molecule has 0 amide bonds. The Labute approximate surface area is 124 Å². The van der Waals surface area contributed by atoms with Gasteiger partial charge in [-0.15, -0.1) is 0 Å². The van der Waals surface area contributed by atoms with Crippen molar-refractivity contribution in [2.45, 2.75) is 19.3 Å². The van der Waals surface area contributed by atoms with E-state index >= 15 is 0 Å². The Hall–Kier alpha value is -2.30. The van der Waals surface area contributed by atoms with Crippen molar-refractivity contribution < 1.29 is 9.47 Å². The molecule has 0 aliphatic heterocycles. The minimum absolute atomic E-state index is 0.470. The van der Waals surface area contributed by atoms with Gasteiger partial charge >= 0.3 is 0 Å². The van der Waals surface area contributed by atoms with E-state index in [1.54, 1.807) is 18.3 Å². The van der Waals surface area contributed by atoms with E-state index in [0.717, 1.165) is 12.1 Å². The fourth-order valence-corrected chi connectivity index (χ4v) is 1.92. The third-order valence-corrected chi connectivity index (χ3v) is 3.35. The zero-order valence-corrected chi connectivity index (χ0v) is 11.9. The Kier molecular flexibility index (Phi) is 4.19. The zero-order valence-electron chi connectivity index (χ0n) is 11.9. The Morgan fingerprint density at radius 2 is 2.05 bits per heavy atom. The van der Waals surface area contributed by atoms with Gasteiger partial charge in [-0.1, -0.05) is 6.07 Å². The van der Waals surface area contributed by atoms with Crippen LogP contribution >= 0.6 is 0 Å². The maximum atomic E-state index is 5.86. The molecule has 0 radical (unpaired) electrons. The molecule has 1 aliphatic rings. The number of nitrogen functional groups attached to an aromatic ring is 1. The number of pyridine rings is 2. The fourth-order valence-electron chi connectivity index (χ4n) is 1.92. The summed E-state index contributed by atoms with van der Waals surface area (Å²) in [5.41, 5.74) is 7.41. The highest BCUT2D eigenvalue weighted by atomic mass is 16.5. The van der Waals surface area contributed by atoms with E-state index in [0.29, 0.717) is 36.6 Å². The van der Waals surface area contributed by atoms with Crippen molar-refractivity contribution in [3.05, 3.63) is 42.2 Å². The molecule has 0 saturated heterocycles. The third kappa shape index (κ3) is 4.08. The van der Waals surface area contributed by atoms with Gasteiger partial charge in [0.2, 0.25) is 11.8 Å². The second-order valence-electron chi connectivity index (χ2n) is 5.22. The number of hydrogen-bond acceptors (Lipinski definition) is 5. The molecule has 1 aliphatic carbocycles. The van der Waals surface area contributed by atoms with E-state index in [4.69, 9.17) is 15.2 Å². The summed E-state index contributed by atoms with van der Waals surface area (Å²) in [5.74, 6) is 1.67. The molecule has 21 heavy (non-hydrogen) atoms. The molecule has 0 bridgehead atoms. The van der Waals surface area contributed by atoms with E-state index in [2.05, 4.69) is 9.97 Å². The second kappa shape index (κ2) is 6.43. The molecule has 0 atom stereocenters. The molecule has 2 aromatic heterocycles. The van der Waals surface area contributed by atoms with Crippen LogP contribution in [0.5, 0.6) is 11.8 Å². The first-order valence-corrected chi connectivity index (χ1v) is 7.23. The van der Waals surface area contributed by atoms with Gasteiger partial charge in [0, 0.05) is 24.4 Å². The van der Waals surface area contributed by atoms with Crippen molar-refractivity contribution in [1.82, 2.24) is 9.97 Å². The molecule has 2 N–H and O–H groups in total. The van der Waals surface area contributed by atoms with Crippen LogP contribution in [0, 0.1) is 5.92 Å². The first-order valence-electron chi connectivity index (χ1n) is 7.23. The Balaban J connectivity index is 1.53. The highest BCUT2D eigenvalue weighted by molar-refractivity contribution is 5.49. The number of nitrogens with zero attached hydrogens (tertiary/aromatic N) is 2. The fraction of sp³-hybridized carbons (Fsp3) is 0.375. The molecular weight excluding hydrogens is 266 g/mol. The molecule has 5 heteroatoms. The topological polar surface area (TPSA) is 70.3 Å². The molecule has 2 aromatic rings. The van der Waals surface area contributed by atoms with Crippen molar-refractivity contribution >= 4 is 5.69 Å². The smallest absolute Gasteiger partial charge is 0.240 e. The quantitative estimate of drug-likeness (QED) is 0.846. The second-order valence-corrected chi connectivity index (χ2v) is 5.22. The van der Waals surface area contributed by atoms with Gasteiger partial charge < -0.3 is 15.2 Å². The highest BCUT2D eigenvalue weighted by Crippen LogP contribution is 2.30. The van der Waals surface area contributed by atoms with Crippen molar-refractivity contribution in [3.63, 3.8) is 0 Å². The predicted octanol–water partition coefficient (Wildman–Crippen LogP) is 2.47. The van der Waals surface area contributed by atoms with Crippen LogP contribution in [0.25, 0.3) is 0 Å². The van der Waals surface area contributed by atoms with Crippen LogP contribution in [0.2, 0.25) is 0 Å². The first-order chi connectivity index (χ1) is 10.3. The number of anilines is 1. The maximum Gasteiger partial charge on any atom is 0.240 e. The minimum Gasteiger partial charge on any atom is -0.477 e. The molecule has 110 valence electrons. The Bertz CT molecular complexity index is 585. The van der Waals surface area contributed by atoms with E-state index in [-0.39, 0.29) is 0 Å². The zero-order chi connectivity index (χ0) is 14.5. The summed E-state index contributed by atoms with van der Waals surface area (Å²) in [5, 5.41) is 0. The summed E-state index contributed by atoms with van der Waals surface area (Å²) < 4.78 is 11.3. The lowest BCUT2D eigenvalue weighted by atomic mass is 10.3. The summed E-state index contributed by atoms with van der Waals surface area (Å²) in [6.07, 6.45) is 4.99. The Morgan fingerprint density at radius 1 is 1.14 bits per heavy atom. The van der Waals surface area contributed by atoms with Crippen molar-refractivity contribution in [2.24, 2.45) is 5.92 Å². The van der Waals surface area contributed by atoms with Crippen LogP contribution in [-0.2, 0) is 6.42 Å². The van der Waals surface area contributed by atoms with Crippen LogP contribution in [-0.4, -0.2) is 23.2 Å². The average Bonchev–Trinajstić information content (AvgIpc) is 3.33. The third-order valence-electron chi connectivity index (χ3n) is 3.35. The molecular formula is C16H19N3O2. The van der Waals surface area contributed by atoms with Crippen LogP contribution in [0.4, 0.5) is 5.69 Å². The van der Waals surface area contributed by atoms with Gasteiger partial charge in [0.25, 0.3) is 0 Å². The number of hydrogen-bond donors (Lipinski definition) is 1. The molecule has 1 fully saturated rings. The molecule has 5 nitrogen and oxygen atoms in total. The summed E-state index contributed by atoms with van der Waals surface area (Å²) in [6.45, 7) is 1.21. The van der Waals surface area contributed by atoms with Gasteiger partial charge in [-0.05, 0) is 37.0 Å². The number of ether oxygens (including phenoxy) is 2. The summed E-state index contributed by atoms with van der Waals surface area (Å²) in [4.78, 5) is 8.57. The molecule has 0 aromatic carbocycles. The lowest BCUT2D eigenvalue weighted by Gasteiger charge is -2.10. The van der Waals surface area contributed by atoms with Gasteiger partial charge in [0.15, 0.2) is 0 Å². The maximum absolute atomic E-state index is 5.86. The van der Waals surface area contributed by atoms with E-state index in [9.17, 15) is 0 Å². The average molecular weight is 285 g/mol. The summed E-state index contributed by atoms with van der Waals surface area (Å²) >= 11 is 0. The van der Waals surface area contributed by atoms with E-state index in [1.807, 2.05) is 18.2 Å².